The van der Waals surface area contributed by atoms with Gasteiger partial charge in [-0.2, -0.15) is 0 Å². The lowest BCUT2D eigenvalue weighted by molar-refractivity contribution is 0.0777. The van der Waals surface area contributed by atoms with Crippen molar-refractivity contribution in [3.8, 4) is 0 Å². The van der Waals surface area contributed by atoms with E-state index in [1.807, 2.05) is 0 Å². The largest absolute Gasteiger partial charge is 0.378 e. The minimum absolute atomic E-state index is 0.422. The molecule has 0 aromatic carbocycles. The number of nitrogens with one attached hydrogen (secondary N) is 1. The molecule has 2 nitrogen and oxygen atoms in total. The van der Waals surface area contributed by atoms with E-state index in [0.29, 0.717) is 6.04 Å². The molecule has 0 spiro atoms. The Kier molecular flexibility index (Phi) is 3.00. The molecule has 1 aromatic rings. The second-order valence-electron chi connectivity index (χ2n) is 2.71. The quantitative estimate of drug-likeness (QED) is 0.800. The van der Waals surface area contributed by atoms with Crippen LogP contribution in [0.2, 0.25) is 0 Å². The van der Waals surface area contributed by atoms with Crippen LogP contribution in [0.5, 0.6) is 0 Å². The van der Waals surface area contributed by atoms with Crippen molar-refractivity contribution < 1.29 is 4.74 Å². The maximum atomic E-state index is 5.40. The summed E-state index contributed by atoms with van der Waals surface area (Å²) in [5, 5.41) is 5.58. The summed E-state index contributed by atoms with van der Waals surface area (Å²) in [6.07, 6.45) is 0. The Hall–Kier alpha value is 0.350. The molecule has 0 bridgehead atoms. The van der Waals surface area contributed by atoms with Crippen LogP contribution < -0.4 is 5.32 Å². The molecule has 2 rings (SSSR count). The van der Waals surface area contributed by atoms with Gasteiger partial charge in [-0.3, -0.25) is 0 Å². The lowest BCUT2D eigenvalue weighted by Gasteiger charge is -2.23. The highest BCUT2D eigenvalue weighted by Gasteiger charge is 2.18. The molecule has 0 radical (unpaired) electrons. The van der Waals surface area contributed by atoms with Crippen LogP contribution >= 0.6 is 33.9 Å². The van der Waals surface area contributed by atoms with Crippen molar-refractivity contribution in [2.75, 3.05) is 19.8 Å². The van der Waals surface area contributed by atoms with Gasteiger partial charge in [-0.15, -0.1) is 11.3 Å². The van der Waals surface area contributed by atoms with E-state index in [-0.39, 0.29) is 0 Å². The Morgan fingerprint density at radius 1 is 1.67 bits per heavy atom. The van der Waals surface area contributed by atoms with Gasteiger partial charge >= 0.3 is 0 Å². The zero-order valence-corrected chi connectivity index (χ0v) is 9.52. The van der Waals surface area contributed by atoms with Gasteiger partial charge in [0.15, 0.2) is 0 Å². The van der Waals surface area contributed by atoms with Gasteiger partial charge in [0.1, 0.15) is 0 Å². The van der Waals surface area contributed by atoms with Gasteiger partial charge in [-0.25, -0.2) is 0 Å². The minimum atomic E-state index is 0.422. The highest BCUT2D eigenvalue weighted by Crippen LogP contribution is 2.26. The molecule has 12 heavy (non-hydrogen) atoms. The predicted molar refractivity (Wildman–Crippen MR) is 58.6 cm³/mol. The molecular weight excluding hydrogens is 285 g/mol. The molecule has 1 N–H and O–H groups in total. The molecule has 0 amide bonds. The smallest absolute Gasteiger partial charge is 0.0670 e. The van der Waals surface area contributed by atoms with Gasteiger partial charge in [0.25, 0.3) is 0 Å². The van der Waals surface area contributed by atoms with Gasteiger partial charge in [0.05, 0.1) is 19.3 Å². The van der Waals surface area contributed by atoms with Crippen LogP contribution in [-0.4, -0.2) is 19.8 Å². The van der Waals surface area contributed by atoms with E-state index in [9.17, 15) is 0 Å². The molecule has 0 saturated carbocycles. The van der Waals surface area contributed by atoms with Crippen LogP contribution in [0.3, 0.4) is 0 Å². The first-order chi connectivity index (χ1) is 5.88. The number of thiophene rings is 1. The fourth-order valence-electron chi connectivity index (χ4n) is 1.29. The van der Waals surface area contributed by atoms with Crippen LogP contribution in [0, 0.1) is 3.57 Å². The molecule has 2 heterocycles. The van der Waals surface area contributed by atoms with Crippen molar-refractivity contribution in [1.29, 1.82) is 0 Å². The average molecular weight is 295 g/mol. The lowest BCUT2D eigenvalue weighted by Crippen LogP contribution is -2.34. The zero-order valence-electron chi connectivity index (χ0n) is 6.55. The molecule has 66 valence electrons. The molecule has 1 aliphatic heterocycles. The molecule has 1 unspecified atom stereocenters. The number of rotatable bonds is 1. The maximum Gasteiger partial charge on any atom is 0.0670 e. The van der Waals surface area contributed by atoms with E-state index < -0.39 is 0 Å². The summed E-state index contributed by atoms with van der Waals surface area (Å²) in [5.41, 5.74) is 0. The first kappa shape index (κ1) is 8.93. The van der Waals surface area contributed by atoms with E-state index in [1.165, 1.54) is 8.45 Å². The highest BCUT2D eigenvalue weighted by atomic mass is 127. The number of morpholine rings is 1. The summed E-state index contributed by atoms with van der Waals surface area (Å²) in [7, 11) is 0. The van der Waals surface area contributed by atoms with Crippen LogP contribution in [0.1, 0.15) is 10.9 Å². The van der Waals surface area contributed by atoms with Crippen molar-refractivity contribution in [2.45, 2.75) is 6.04 Å². The molecule has 1 aromatic heterocycles. The molecule has 1 atom stereocenters. The zero-order chi connectivity index (χ0) is 8.39. The Labute approximate surface area is 89.5 Å². The second-order valence-corrected chi connectivity index (χ2v) is 4.82. The molecule has 4 heteroatoms. The van der Waals surface area contributed by atoms with Crippen molar-refractivity contribution >= 4 is 33.9 Å². The number of hydrogen-bond donors (Lipinski definition) is 1. The standard InChI is InChI=1S/C8H10INOS/c9-6-1-4-12-8(6)7-5-11-3-2-10-7/h1,4,7,10H,2-3,5H2. The fraction of sp³-hybridized carbons (Fsp3) is 0.500. The van der Waals surface area contributed by atoms with Crippen LogP contribution in [0.25, 0.3) is 0 Å². The summed E-state index contributed by atoms with van der Waals surface area (Å²) >= 11 is 4.18. The predicted octanol–water partition coefficient (Wildman–Crippen LogP) is 2.01. The van der Waals surface area contributed by atoms with Gasteiger partial charge in [-0.05, 0) is 34.0 Å². The first-order valence-corrected chi connectivity index (χ1v) is 5.88. The minimum Gasteiger partial charge on any atom is -0.378 e. The first-order valence-electron chi connectivity index (χ1n) is 3.92. The average Bonchev–Trinajstić information content (AvgIpc) is 2.53. The van der Waals surface area contributed by atoms with Gasteiger partial charge < -0.3 is 10.1 Å². The Morgan fingerprint density at radius 2 is 2.58 bits per heavy atom. The Balaban J connectivity index is 2.13. The van der Waals surface area contributed by atoms with Crippen molar-refractivity contribution in [3.05, 3.63) is 19.9 Å². The SMILES string of the molecule is Ic1ccsc1C1COCCN1. The van der Waals surface area contributed by atoms with E-state index in [2.05, 4.69) is 39.4 Å². The van der Waals surface area contributed by atoms with Crippen LogP contribution in [0.15, 0.2) is 11.4 Å². The normalized spacial score (nSPS) is 24.2. The molecule has 1 aliphatic rings. The summed E-state index contributed by atoms with van der Waals surface area (Å²) in [4.78, 5) is 1.41. The van der Waals surface area contributed by atoms with Gasteiger partial charge in [0.2, 0.25) is 0 Å². The van der Waals surface area contributed by atoms with Crippen molar-refractivity contribution in [3.63, 3.8) is 0 Å². The number of halogens is 1. The molecule has 1 fully saturated rings. The Bertz CT molecular complexity index is 257. The lowest BCUT2D eigenvalue weighted by atomic mass is 10.2. The third kappa shape index (κ3) is 1.81. The second kappa shape index (κ2) is 4.04. The monoisotopic (exact) mass is 295 g/mol. The third-order valence-electron chi connectivity index (χ3n) is 1.88. The fourth-order valence-corrected chi connectivity index (χ4v) is 3.32. The highest BCUT2D eigenvalue weighted by molar-refractivity contribution is 14.1. The number of hydrogen-bond acceptors (Lipinski definition) is 3. The summed E-state index contributed by atoms with van der Waals surface area (Å²) in [6.45, 7) is 2.63. The van der Waals surface area contributed by atoms with Gasteiger partial charge in [-0.1, -0.05) is 0 Å². The van der Waals surface area contributed by atoms with Crippen LogP contribution in [0.4, 0.5) is 0 Å². The molecule has 1 saturated heterocycles. The van der Waals surface area contributed by atoms with Crippen molar-refractivity contribution in [2.24, 2.45) is 0 Å². The van der Waals surface area contributed by atoms with E-state index >= 15 is 0 Å². The van der Waals surface area contributed by atoms with E-state index in [4.69, 9.17) is 4.74 Å². The Morgan fingerprint density at radius 3 is 3.17 bits per heavy atom. The topological polar surface area (TPSA) is 21.3 Å². The van der Waals surface area contributed by atoms with Gasteiger partial charge in [0, 0.05) is 15.0 Å². The molecular formula is C8H10INOS. The summed E-state index contributed by atoms with van der Waals surface area (Å²) in [5.74, 6) is 0. The van der Waals surface area contributed by atoms with E-state index in [1.54, 1.807) is 11.3 Å². The van der Waals surface area contributed by atoms with Crippen molar-refractivity contribution in [1.82, 2.24) is 5.32 Å². The molecule has 0 aliphatic carbocycles. The van der Waals surface area contributed by atoms with Crippen LogP contribution in [-0.2, 0) is 4.74 Å². The summed E-state index contributed by atoms with van der Waals surface area (Å²) in [6, 6.07) is 2.57. The van der Waals surface area contributed by atoms with E-state index in [0.717, 1.165) is 19.8 Å². The summed E-state index contributed by atoms with van der Waals surface area (Å²) < 4.78 is 6.75. The maximum absolute atomic E-state index is 5.40. The third-order valence-corrected chi connectivity index (χ3v) is 4.22. The number of ether oxygens (including phenoxy) is 1.